The van der Waals surface area contributed by atoms with Gasteiger partial charge in [0.25, 0.3) is 0 Å². The van der Waals surface area contributed by atoms with Crippen LogP contribution in [0.1, 0.15) is 34.1 Å². The predicted molar refractivity (Wildman–Crippen MR) is 82.6 cm³/mol. The first-order chi connectivity index (χ1) is 9.86. The van der Waals surface area contributed by atoms with Crippen LogP contribution in [0.5, 0.6) is 0 Å². The summed E-state index contributed by atoms with van der Waals surface area (Å²) in [5.74, 6) is 0. The standard InChI is InChI=1S/C16H22N4O/c1-15(2)9-14(16(3,4)21-15)19-12-6-5-7-13(8-12)20-10-17-18-11-20/h5-8,10-11,14,19H,9H2,1-4H3. The summed E-state index contributed by atoms with van der Waals surface area (Å²) >= 11 is 0. The topological polar surface area (TPSA) is 52.0 Å². The Morgan fingerprint density at radius 2 is 1.90 bits per heavy atom. The lowest BCUT2D eigenvalue weighted by Gasteiger charge is -2.28. The van der Waals surface area contributed by atoms with Crippen LogP contribution in [0.15, 0.2) is 36.9 Å². The van der Waals surface area contributed by atoms with E-state index in [1.807, 2.05) is 16.7 Å². The summed E-state index contributed by atoms with van der Waals surface area (Å²) in [5.41, 5.74) is 1.85. The van der Waals surface area contributed by atoms with Crippen molar-refractivity contribution in [2.24, 2.45) is 0 Å². The van der Waals surface area contributed by atoms with Gasteiger partial charge >= 0.3 is 0 Å². The third kappa shape index (κ3) is 2.93. The molecule has 0 bridgehead atoms. The molecule has 1 aliphatic heterocycles. The number of rotatable bonds is 3. The molecule has 1 aromatic heterocycles. The molecule has 1 aromatic carbocycles. The fourth-order valence-corrected chi connectivity index (χ4v) is 3.08. The minimum atomic E-state index is -0.184. The van der Waals surface area contributed by atoms with E-state index in [1.54, 1.807) is 12.7 Å². The number of nitrogens with one attached hydrogen (secondary N) is 1. The van der Waals surface area contributed by atoms with Crippen molar-refractivity contribution >= 4 is 5.69 Å². The molecule has 5 nitrogen and oxygen atoms in total. The number of ether oxygens (including phenoxy) is 1. The van der Waals surface area contributed by atoms with Gasteiger partial charge < -0.3 is 10.1 Å². The fraction of sp³-hybridized carbons (Fsp3) is 0.500. The monoisotopic (exact) mass is 286 g/mol. The van der Waals surface area contributed by atoms with Gasteiger partial charge in [-0.25, -0.2) is 0 Å². The lowest BCUT2D eigenvalue weighted by molar-refractivity contribution is -0.0662. The first-order valence-electron chi connectivity index (χ1n) is 7.28. The maximum atomic E-state index is 6.14. The molecule has 112 valence electrons. The van der Waals surface area contributed by atoms with Crippen LogP contribution in [0.2, 0.25) is 0 Å². The second-order valence-electron chi connectivity index (χ2n) is 6.79. The number of aromatic nitrogens is 3. The van der Waals surface area contributed by atoms with E-state index < -0.39 is 0 Å². The highest BCUT2D eigenvalue weighted by molar-refractivity contribution is 5.52. The third-order valence-electron chi connectivity index (χ3n) is 3.98. The Morgan fingerprint density at radius 3 is 2.52 bits per heavy atom. The quantitative estimate of drug-likeness (QED) is 0.942. The van der Waals surface area contributed by atoms with Crippen molar-refractivity contribution < 1.29 is 4.74 Å². The zero-order chi connectivity index (χ0) is 15.1. The van der Waals surface area contributed by atoms with E-state index in [2.05, 4.69) is 55.3 Å². The third-order valence-corrected chi connectivity index (χ3v) is 3.98. The zero-order valence-corrected chi connectivity index (χ0v) is 13.0. The molecule has 1 fully saturated rings. The summed E-state index contributed by atoms with van der Waals surface area (Å²) in [5, 5.41) is 11.3. The largest absolute Gasteiger partial charge is 0.379 e. The van der Waals surface area contributed by atoms with Crippen LogP contribution in [0.4, 0.5) is 5.69 Å². The van der Waals surface area contributed by atoms with Crippen LogP contribution in [-0.2, 0) is 4.74 Å². The number of nitrogens with zero attached hydrogens (tertiary/aromatic N) is 3. The number of anilines is 1. The molecule has 2 heterocycles. The van der Waals surface area contributed by atoms with Gasteiger partial charge in [-0.05, 0) is 52.3 Å². The van der Waals surface area contributed by atoms with Crippen molar-refractivity contribution in [1.82, 2.24) is 14.8 Å². The molecule has 2 aromatic rings. The minimum absolute atomic E-state index is 0.0902. The molecule has 0 spiro atoms. The predicted octanol–water partition coefficient (Wildman–Crippen LogP) is 3.03. The van der Waals surface area contributed by atoms with Crippen LogP contribution >= 0.6 is 0 Å². The normalized spacial score (nSPS) is 23.1. The second-order valence-corrected chi connectivity index (χ2v) is 6.79. The number of hydrogen-bond acceptors (Lipinski definition) is 4. The van der Waals surface area contributed by atoms with E-state index in [9.17, 15) is 0 Å². The molecule has 0 saturated carbocycles. The molecular formula is C16H22N4O. The second kappa shape index (κ2) is 4.84. The molecule has 0 amide bonds. The highest BCUT2D eigenvalue weighted by atomic mass is 16.5. The summed E-state index contributed by atoms with van der Waals surface area (Å²) in [4.78, 5) is 0. The SMILES string of the molecule is CC1(C)CC(Nc2cccc(-n3cnnc3)c2)C(C)(C)O1. The first kappa shape index (κ1) is 14.1. The van der Waals surface area contributed by atoms with Gasteiger partial charge in [-0.1, -0.05) is 6.07 Å². The average molecular weight is 286 g/mol. The Labute approximate surface area is 125 Å². The molecule has 1 saturated heterocycles. The van der Waals surface area contributed by atoms with Crippen molar-refractivity contribution in [3.8, 4) is 5.69 Å². The summed E-state index contributed by atoms with van der Waals surface area (Å²) in [7, 11) is 0. The van der Waals surface area contributed by atoms with E-state index in [4.69, 9.17) is 4.74 Å². The van der Waals surface area contributed by atoms with Crippen LogP contribution in [0.3, 0.4) is 0 Å². The zero-order valence-electron chi connectivity index (χ0n) is 13.0. The Kier molecular flexibility index (Phi) is 3.24. The van der Waals surface area contributed by atoms with E-state index in [1.165, 1.54) is 0 Å². The van der Waals surface area contributed by atoms with Gasteiger partial charge in [0.1, 0.15) is 12.7 Å². The summed E-state index contributed by atoms with van der Waals surface area (Å²) in [6, 6.07) is 8.53. The highest BCUT2D eigenvalue weighted by Gasteiger charge is 2.45. The van der Waals surface area contributed by atoms with Crippen molar-refractivity contribution in [2.75, 3.05) is 5.32 Å². The van der Waals surface area contributed by atoms with Crippen molar-refractivity contribution in [2.45, 2.75) is 51.4 Å². The van der Waals surface area contributed by atoms with Crippen LogP contribution in [0.25, 0.3) is 5.69 Å². The Bertz CT molecular complexity index is 619. The molecule has 1 unspecified atom stereocenters. The molecular weight excluding hydrogens is 264 g/mol. The number of hydrogen-bond donors (Lipinski definition) is 1. The molecule has 5 heteroatoms. The fourth-order valence-electron chi connectivity index (χ4n) is 3.08. The van der Waals surface area contributed by atoms with E-state index in [0.717, 1.165) is 17.8 Å². The summed E-state index contributed by atoms with van der Waals surface area (Å²) in [6.07, 6.45) is 4.38. The van der Waals surface area contributed by atoms with Crippen LogP contribution in [0, 0.1) is 0 Å². The molecule has 0 aliphatic carbocycles. The van der Waals surface area contributed by atoms with Gasteiger partial charge in [0.2, 0.25) is 0 Å². The lowest BCUT2D eigenvalue weighted by Crippen LogP contribution is -2.38. The van der Waals surface area contributed by atoms with Gasteiger partial charge in [-0.15, -0.1) is 10.2 Å². The van der Waals surface area contributed by atoms with Crippen molar-refractivity contribution in [3.05, 3.63) is 36.9 Å². The van der Waals surface area contributed by atoms with E-state index in [0.29, 0.717) is 0 Å². The highest BCUT2D eigenvalue weighted by Crippen LogP contribution is 2.38. The van der Waals surface area contributed by atoms with Gasteiger partial charge in [0, 0.05) is 5.69 Å². The molecule has 1 aliphatic rings. The van der Waals surface area contributed by atoms with Gasteiger partial charge in [-0.3, -0.25) is 4.57 Å². The molecule has 21 heavy (non-hydrogen) atoms. The minimum Gasteiger partial charge on any atom is -0.379 e. The molecule has 3 rings (SSSR count). The molecule has 1 N–H and O–H groups in total. The van der Waals surface area contributed by atoms with E-state index >= 15 is 0 Å². The van der Waals surface area contributed by atoms with Gasteiger partial charge in [0.15, 0.2) is 0 Å². The lowest BCUT2D eigenvalue weighted by atomic mass is 9.94. The molecule has 0 radical (unpaired) electrons. The summed E-state index contributed by atoms with van der Waals surface area (Å²) in [6.45, 7) is 8.57. The van der Waals surface area contributed by atoms with Gasteiger partial charge in [-0.2, -0.15) is 0 Å². The van der Waals surface area contributed by atoms with Crippen LogP contribution < -0.4 is 5.32 Å². The maximum Gasteiger partial charge on any atom is 0.123 e. The van der Waals surface area contributed by atoms with Crippen molar-refractivity contribution in [1.29, 1.82) is 0 Å². The van der Waals surface area contributed by atoms with Gasteiger partial charge in [0.05, 0.1) is 22.9 Å². The summed E-state index contributed by atoms with van der Waals surface area (Å²) < 4.78 is 8.03. The smallest absolute Gasteiger partial charge is 0.123 e. The van der Waals surface area contributed by atoms with Crippen LogP contribution in [-0.4, -0.2) is 32.0 Å². The maximum absolute atomic E-state index is 6.14. The first-order valence-corrected chi connectivity index (χ1v) is 7.28. The average Bonchev–Trinajstić information content (AvgIpc) is 2.96. The molecule has 1 atom stereocenters. The van der Waals surface area contributed by atoms with E-state index in [-0.39, 0.29) is 17.2 Å². The Morgan fingerprint density at radius 1 is 1.19 bits per heavy atom. The van der Waals surface area contributed by atoms with Crippen molar-refractivity contribution in [3.63, 3.8) is 0 Å². The Balaban J connectivity index is 1.81. The number of benzene rings is 1. The Hall–Kier alpha value is -1.88.